The van der Waals surface area contributed by atoms with Gasteiger partial charge in [0.2, 0.25) is 0 Å². The van der Waals surface area contributed by atoms with E-state index < -0.39 is 0 Å². The van der Waals surface area contributed by atoms with Crippen LogP contribution in [0.5, 0.6) is 0 Å². The van der Waals surface area contributed by atoms with E-state index in [-0.39, 0.29) is 0 Å². The fraction of sp³-hybridized carbons (Fsp3) is 0.235. The first-order valence-corrected chi connectivity index (χ1v) is 17.6. The van der Waals surface area contributed by atoms with Crippen molar-refractivity contribution in [2.24, 2.45) is 0 Å². The maximum Gasteiger partial charge on any atom is 0.135 e. The number of rotatable bonds is 11. The van der Waals surface area contributed by atoms with E-state index in [1.54, 1.807) is 22.7 Å². The molecule has 0 saturated carbocycles. The molecule has 0 unspecified atom stereocenters. The lowest BCUT2D eigenvalue weighted by Gasteiger charge is -2.05. The first kappa shape index (κ1) is 26.8. The average Bonchev–Trinajstić information content (AvgIpc) is 3.79. The normalized spacial score (nSPS) is 11.8. The maximum atomic E-state index is 4.77. The molecule has 0 atom stereocenters. The number of thiazole rings is 2. The summed E-state index contributed by atoms with van der Waals surface area (Å²) in [6.07, 6.45) is 13.7. The van der Waals surface area contributed by atoms with Crippen molar-refractivity contribution < 1.29 is 0 Å². The van der Waals surface area contributed by atoms with Crippen molar-refractivity contribution in [2.75, 3.05) is 11.9 Å². The Bertz CT molecular complexity index is 2000. The minimum Gasteiger partial charge on any atom is -0.376 e. The van der Waals surface area contributed by atoms with Crippen LogP contribution in [-0.2, 0) is 0 Å². The zero-order valence-corrected chi connectivity index (χ0v) is 26.3. The molecular formula is C34H31N3S4. The predicted octanol–water partition coefficient (Wildman–Crippen LogP) is 12.1. The third-order valence-electron chi connectivity index (χ3n) is 7.59. The number of nitrogens with zero attached hydrogens (tertiary/aromatic N) is 2. The van der Waals surface area contributed by atoms with Gasteiger partial charge in [0, 0.05) is 27.0 Å². The summed E-state index contributed by atoms with van der Waals surface area (Å²) >= 11 is 7.12. The number of fused-ring (bicyclic) bond motifs is 5. The molecule has 0 radical (unpaired) electrons. The van der Waals surface area contributed by atoms with Gasteiger partial charge in [-0.25, -0.2) is 9.97 Å². The lowest BCUT2D eigenvalue weighted by atomic mass is 10.00. The zero-order chi connectivity index (χ0) is 27.8. The molecular weight excluding hydrogens is 579 g/mol. The van der Waals surface area contributed by atoms with Gasteiger partial charge < -0.3 is 5.32 Å². The van der Waals surface area contributed by atoms with E-state index in [1.807, 2.05) is 41.1 Å². The van der Waals surface area contributed by atoms with Crippen molar-refractivity contribution in [2.45, 2.75) is 45.4 Å². The number of hydrogen-bond acceptors (Lipinski definition) is 7. The van der Waals surface area contributed by atoms with Crippen molar-refractivity contribution in [3.8, 4) is 19.8 Å². The van der Waals surface area contributed by atoms with Crippen LogP contribution in [0.3, 0.4) is 0 Å². The maximum absolute atomic E-state index is 4.77. The number of unbranched alkanes of at least 4 members (excludes halogenated alkanes) is 5. The number of benzene rings is 3. The third-order valence-corrected chi connectivity index (χ3v) is 12.1. The van der Waals surface area contributed by atoms with Gasteiger partial charge in [-0.15, -0.1) is 34.0 Å². The molecule has 4 aromatic heterocycles. The van der Waals surface area contributed by atoms with E-state index in [1.165, 1.54) is 95.0 Å². The average molecular weight is 610 g/mol. The molecule has 206 valence electrons. The monoisotopic (exact) mass is 609 g/mol. The van der Waals surface area contributed by atoms with E-state index in [2.05, 4.69) is 72.3 Å². The summed E-state index contributed by atoms with van der Waals surface area (Å²) in [7, 11) is 0. The minimum atomic E-state index is 1.03. The van der Waals surface area contributed by atoms with E-state index in [9.17, 15) is 0 Å². The Labute approximate surface area is 256 Å². The summed E-state index contributed by atoms with van der Waals surface area (Å²) in [4.78, 5) is 12.9. The molecule has 0 saturated heterocycles. The van der Waals surface area contributed by atoms with Crippen LogP contribution >= 0.6 is 45.3 Å². The standard InChI is InChI=1S/C34H31N3S4/c1-3-5-6-7-8-9-12-35-32-20-37-34(41-32)31-16-24-14-22-11-10-21-13-23-15-30(33-36-19-25(4-2)38-33)39-28(23)17-26(21)27(22)18-29(24)40-31/h4,10-11,13-20,35H,2-3,5-9,12H2,1H3. The van der Waals surface area contributed by atoms with Gasteiger partial charge in [0.25, 0.3) is 0 Å². The summed E-state index contributed by atoms with van der Waals surface area (Å²) in [5, 5.41) is 14.6. The molecule has 0 aliphatic carbocycles. The first-order chi connectivity index (χ1) is 20.2. The summed E-state index contributed by atoms with van der Waals surface area (Å²) in [6, 6.07) is 18.5. The van der Waals surface area contributed by atoms with Gasteiger partial charge in [-0.3, -0.25) is 0 Å². The third kappa shape index (κ3) is 5.44. The van der Waals surface area contributed by atoms with Crippen LogP contribution in [0.25, 0.3) is 67.6 Å². The van der Waals surface area contributed by atoms with E-state index >= 15 is 0 Å². The topological polar surface area (TPSA) is 37.8 Å². The highest BCUT2D eigenvalue weighted by Crippen LogP contribution is 2.42. The molecule has 0 aliphatic heterocycles. The predicted molar refractivity (Wildman–Crippen MR) is 186 cm³/mol. The van der Waals surface area contributed by atoms with Gasteiger partial charge in [0.15, 0.2) is 0 Å². The van der Waals surface area contributed by atoms with E-state index in [4.69, 9.17) is 4.98 Å². The molecule has 1 N–H and O–H groups in total. The Morgan fingerprint density at radius 3 is 1.93 bits per heavy atom. The smallest absolute Gasteiger partial charge is 0.135 e. The molecule has 41 heavy (non-hydrogen) atoms. The Morgan fingerprint density at radius 2 is 1.29 bits per heavy atom. The first-order valence-electron chi connectivity index (χ1n) is 14.3. The van der Waals surface area contributed by atoms with Gasteiger partial charge in [-0.05, 0) is 75.1 Å². The van der Waals surface area contributed by atoms with Gasteiger partial charge >= 0.3 is 0 Å². The van der Waals surface area contributed by atoms with Crippen LogP contribution in [0, 0.1) is 0 Å². The number of aromatic nitrogens is 2. The molecule has 4 heterocycles. The Kier molecular flexibility index (Phi) is 7.61. The SMILES string of the molecule is C=Cc1cnc(-c2cc3cc4ccc5cc6cc(-c7ncc(NCCCCCCCC)s7)sc6cc5c4cc3s2)s1. The molecule has 7 rings (SSSR count). The minimum absolute atomic E-state index is 1.03. The molecule has 0 spiro atoms. The molecule has 0 bridgehead atoms. The van der Waals surface area contributed by atoms with Crippen molar-refractivity contribution in [1.82, 2.24) is 9.97 Å². The van der Waals surface area contributed by atoms with Crippen LogP contribution in [0.4, 0.5) is 5.00 Å². The second-order valence-corrected chi connectivity index (χ2v) is 14.8. The number of thiophene rings is 2. The van der Waals surface area contributed by atoms with Crippen molar-refractivity contribution in [1.29, 1.82) is 0 Å². The molecule has 3 nitrogen and oxygen atoms in total. The Balaban J connectivity index is 1.16. The molecule has 7 heteroatoms. The van der Waals surface area contributed by atoms with Crippen LogP contribution < -0.4 is 5.32 Å². The quantitative estimate of drug-likeness (QED) is 0.117. The van der Waals surface area contributed by atoms with Crippen LogP contribution in [0.15, 0.2) is 67.5 Å². The summed E-state index contributed by atoms with van der Waals surface area (Å²) < 4.78 is 2.61. The fourth-order valence-electron chi connectivity index (χ4n) is 5.42. The number of nitrogens with one attached hydrogen (secondary N) is 1. The van der Waals surface area contributed by atoms with Crippen LogP contribution in [-0.4, -0.2) is 16.5 Å². The summed E-state index contributed by atoms with van der Waals surface area (Å²) in [6.45, 7) is 7.17. The van der Waals surface area contributed by atoms with Gasteiger partial charge in [-0.2, -0.15) is 0 Å². The van der Waals surface area contributed by atoms with Crippen molar-refractivity contribution in [3.05, 3.63) is 72.4 Å². The van der Waals surface area contributed by atoms with Crippen LogP contribution in [0.1, 0.15) is 50.3 Å². The molecule has 7 aromatic rings. The van der Waals surface area contributed by atoms with E-state index in [0.29, 0.717) is 0 Å². The largest absolute Gasteiger partial charge is 0.376 e. The van der Waals surface area contributed by atoms with Gasteiger partial charge in [0.05, 0.1) is 16.0 Å². The molecule has 3 aromatic carbocycles. The lowest BCUT2D eigenvalue weighted by Crippen LogP contribution is -1.99. The highest BCUT2D eigenvalue weighted by atomic mass is 32.1. The van der Waals surface area contributed by atoms with E-state index in [0.717, 1.165) is 21.4 Å². The Morgan fingerprint density at radius 1 is 0.683 bits per heavy atom. The number of anilines is 1. The van der Waals surface area contributed by atoms with Crippen LogP contribution in [0.2, 0.25) is 0 Å². The zero-order valence-electron chi connectivity index (χ0n) is 23.0. The summed E-state index contributed by atoms with van der Waals surface area (Å²) in [5.41, 5.74) is 0. The highest BCUT2D eigenvalue weighted by Gasteiger charge is 2.13. The second kappa shape index (κ2) is 11.6. The molecule has 0 amide bonds. The highest BCUT2D eigenvalue weighted by molar-refractivity contribution is 7.27. The second-order valence-electron chi connectivity index (χ2n) is 10.5. The van der Waals surface area contributed by atoms with Crippen molar-refractivity contribution >= 4 is 98.1 Å². The summed E-state index contributed by atoms with van der Waals surface area (Å²) in [5.74, 6) is 0. The lowest BCUT2D eigenvalue weighted by molar-refractivity contribution is 0.617. The van der Waals surface area contributed by atoms with Crippen molar-refractivity contribution in [3.63, 3.8) is 0 Å². The van der Waals surface area contributed by atoms with Gasteiger partial charge in [0.1, 0.15) is 15.0 Å². The number of hydrogen-bond donors (Lipinski definition) is 1. The fourth-order valence-corrected chi connectivity index (χ4v) is 9.30. The van der Waals surface area contributed by atoms with Gasteiger partial charge in [-0.1, -0.05) is 75.2 Å². The molecule has 0 aliphatic rings. The Hall–Kier alpha value is -3.10. The molecule has 0 fully saturated rings.